The zero-order valence-electron chi connectivity index (χ0n) is 14.1. The Hall–Kier alpha value is -1.56. The standard InChI is InChI=1S/C21H28/c1-6-21(7-2,18-11-9-8-10-12-18)19-15-13-17(14-16-19)20(3,4)5/h8-16H,6-7H2,1-5H3. The van der Waals surface area contributed by atoms with Gasteiger partial charge in [-0.25, -0.2) is 0 Å². The molecule has 0 saturated heterocycles. The van der Waals surface area contributed by atoms with Crippen molar-refractivity contribution in [2.45, 2.75) is 58.3 Å². The second-order valence-electron chi connectivity index (χ2n) is 6.98. The number of hydrogen-bond donors (Lipinski definition) is 0. The predicted molar refractivity (Wildman–Crippen MR) is 92.9 cm³/mol. The average Bonchev–Trinajstić information content (AvgIpc) is 2.50. The van der Waals surface area contributed by atoms with Crippen LogP contribution in [0.5, 0.6) is 0 Å². The molecule has 0 aliphatic rings. The molecule has 21 heavy (non-hydrogen) atoms. The van der Waals surface area contributed by atoms with Crippen molar-refractivity contribution in [1.82, 2.24) is 0 Å². The molecule has 0 spiro atoms. The zero-order valence-corrected chi connectivity index (χ0v) is 14.1. The van der Waals surface area contributed by atoms with Gasteiger partial charge in [-0.05, 0) is 34.9 Å². The lowest BCUT2D eigenvalue weighted by Gasteiger charge is -2.34. The molecule has 0 aromatic heterocycles. The van der Waals surface area contributed by atoms with Gasteiger partial charge in [-0.1, -0.05) is 89.2 Å². The monoisotopic (exact) mass is 280 g/mol. The lowest BCUT2D eigenvalue weighted by atomic mass is 9.70. The maximum Gasteiger partial charge on any atom is 0.0197 e. The molecule has 0 unspecified atom stereocenters. The molecule has 0 aliphatic carbocycles. The number of hydrogen-bond acceptors (Lipinski definition) is 0. The molecule has 2 rings (SSSR count). The molecule has 0 atom stereocenters. The van der Waals surface area contributed by atoms with Gasteiger partial charge in [0.1, 0.15) is 0 Å². The molecule has 0 bridgehead atoms. The van der Waals surface area contributed by atoms with E-state index in [0.717, 1.165) is 12.8 Å². The van der Waals surface area contributed by atoms with Gasteiger partial charge in [0.15, 0.2) is 0 Å². The van der Waals surface area contributed by atoms with Gasteiger partial charge < -0.3 is 0 Å². The number of benzene rings is 2. The molecule has 0 heterocycles. The fraction of sp³-hybridized carbons (Fsp3) is 0.429. The molecule has 0 amide bonds. The van der Waals surface area contributed by atoms with Crippen LogP contribution in [0, 0.1) is 0 Å². The van der Waals surface area contributed by atoms with Crippen molar-refractivity contribution in [3.8, 4) is 0 Å². The second kappa shape index (κ2) is 6.05. The van der Waals surface area contributed by atoms with Crippen molar-refractivity contribution < 1.29 is 0 Å². The average molecular weight is 280 g/mol. The van der Waals surface area contributed by atoms with Gasteiger partial charge in [0.2, 0.25) is 0 Å². The van der Waals surface area contributed by atoms with Crippen molar-refractivity contribution in [2.75, 3.05) is 0 Å². The molecule has 0 heteroatoms. The molecule has 112 valence electrons. The van der Waals surface area contributed by atoms with Gasteiger partial charge in [-0.2, -0.15) is 0 Å². The van der Waals surface area contributed by atoms with Gasteiger partial charge in [0.05, 0.1) is 0 Å². The van der Waals surface area contributed by atoms with E-state index in [4.69, 9.17) is 0 Å². The first-order chi connectivity index (χ1) is 9.94. The van der Waals surface area contributed by atoms with Gasteiger partial charge in [-0.15, -0.1) is 0 Å². The van der Waals surface area contributed by atoms with Crippen molar-refractivity contribution >= 4 is 0 Å². The van der Waals surface area contributed by atoms with Crippen LogP contribution in [0.3, 0.4) is 0 Å². The summed E-state index contributed by atoms with van der Waals surface area (Å²) < 4.78 is 0. The van der Waals surface area contributed by atoms with E-state index < -0.39 is 0 Å². The molecule has 2 aromatic rings. The highest BCUT2D eigenvalue weighted by Crippen LogP contribution is 2.39. The minimum absolute atomic E-state index is 0.137. The topological polar surface area (TPSA) is 0 Å². The summed E-state index contributed by atoms with van der Waals surface area (Å²) in [5, 5.41) is 0. The van der Waals surface area contributed by atoms with E-state index in [9.17, 15) is 0 Å². The van der Waals surface area contributed by atoms with Crippen LogP contribution in [0.4, 0.5) is 0 Å². The van der Waals surface area contributed by atoms with Crippen molar-refractivity contribution in [3.05, 3.63) is 71.3 Å². The van der Waals surface area contributed by atoms with E-state index in [-0.39, 0.29) is 10.8 Å². The summed E-state index contributed by atoms with van der Waals surface area (Å²) in [4.78, 5) is 0. The molecule has 0 saturated carbocycles. The van der Waals surface area contributed by atoms with Crippen molar-refractivity contribution in [2.24, 2.45) is 0 Å². The summed E-state index contributed by atoms with van der Waals surface area (Å²) in [5.41, 5.74) is 4.62. The summed E-state index contributed by atoms with van der Waals surface area (Å²) in [7, 11) is 0. The molecule has 0 nitrogen and oxygen atoms in total. The summed E-state index contributed by atoms with van der Waals surface area (Å²) in [6, 6.07) is 20.2. The Bertz CT molecular complexity index is 551. The Morgan fingerprint density at radius 2 is 1.05 bits per heavy atom. The third kappa shape index (κ3) is 3.05. The van der Waals surface area contributed by atoms with E-state index in [1.54, 1.807) is 0 Å². The maximum atomic E-state index is 2.33. The summed E-state index contributed by atoms with van der Waals surface area (Å²) in [5.74, 6) is 0. The highest BCUT2D eigenvalue weighted by molar-refractivity contribution is 5.41. The first-order valence-electron chi connectivity index (χ1n) is 8.10. The van der Waals surface area contributed by atoms with Crippen LogP contribution in [-0.4, -0.2) is 0 Å². The Morgan fingerprint density at radius 1 is 0.619 bits per heavy atom. The van der Waals surface area contributed by atoms with E-state index in [1.165, 1.54) is 16.7 Å². The van der Waals surface area contributed by atoms with Crippen LogP contribution < -0.4 is 0 Å². The number of rotatable bonds is 4. The minimum atomic E-state index is 0.137. The highest BCUT2D eigenvalue weighted by atomic mass is 14.3. The smallest absolute Gasteiger partial charge is 0.0197 e. The van der Waals surface area contributed by atoms with Gasteiger partial charge in [0.25, 0.3) is 0 Å². The van der Waals surface area contributed by atoms with Crippen LogP contribution in [0.2, 0.25) is 0 Å². The van der Waals surface area contributed by atoms with Gasteiger partial charge in [0, 0.05) is 5.41 Å². The zero-order chi connectivity index (χ0) is 15.5. The molecular weight excluding hydrogens is 252 g/mol. The molecule has 0 N–H and O–H groups in total. The van der Waals surface area contributed by atoms with Gasteiger partial charge in [-0.3, -0.25) is 0 Å². The molecule has 0 aliphatic heterocycles. The van der Waals surface area contributed by atoms with Crippen molar-refractivity contribution in [3.63, 3.8) is 0 Å². The lowest BCUT2D eigenvalue weighted by Crippen LogP contribution is -2.26. The maximum absolute atomic E-state index is 2.33. The van der Waals surface area contributed by atoms with Crippen LogP contribution in [0.1, 0.15) is 64.2 Å². The van der Waals surface area contributed by atoms with Gasteiger partial charge >= 0.3 is 0 Å². The Balaban J connectivity index is 2.49. The predicted octanol–water partition coefficient (Wildman–Crippen LogP) is 6.09. The first-order valence-corrected chi connectivity index (χ1v) is 8.10. The fourth-order valence-electron chi connectivity index (χ4n) is 3.28. The van der Waals surface area contributed by atoms with E-state index in [0.29, 0.717) is 0 Å². The second-order valence-corrected chi connectivity index (χ2v) is 6.98. The fourth-order valence-corrected chi connectivity index (χ4v) is 3.28. The van der Waals surface area contributed by atoms with E-state index >= 15 is 0 Å². The summed E-state index contributed by atoms with van der Waals surface area (Å²) in [6.45, 7) is 11.4. The summed E-state index contributed by atoms with van der Waals surface area (Å²) in [6.07, 6.45) is 2.25. The van der Waals surface area contributed by atoms with Crippen LogP contribution in [0.25, 0.3) is 0 Å². The van der Waals surface area contributed by atoms with Crippen LogP contribution in [-0.2, 0) is 10.8 Å². The Labute approximate surface area is 130 Å². The summed E-state index contributed by atoms with van der Waals surface area (Å²) >= 11 is 0. The minimum Gasteiger partial charge on any atom is -0.0642 e. The SMILES string of the molecule is CCC(CC)(c1ccccc1)c1ccc(C(C)(C)C)cc1. The largest absolute Gasteiger partial charge is 0.0642 e. The normalized spacial score (nSPS) is 12.4. The highest BCUT2D eigenvalue weighted by Gasteiger charge is 2.30. The third-order valence-corrected chi connectivity index (χ3v) is 4.84. The molecule has 0 radical (unpaired) electrons. The quantitative estimate of drug-likeness (QED) is 0.635. The molecular formula is C21H28. The first kappa shape index (κ1) is 15.8. The third-order valence-electron chi connectivity index (χ3n) is 4.84. The van der Waals surface area contributed by atoms with Crippen LogP contribution in [0.15, 0.2) is 54.6 Å². The Morgan fingerprint density at radius 3 is 1.48 bits per heavy atom. The molecule has 0 fully saturated rings. The van der Waals surface area contributed by atoms with Crippen molar-refractivity contribution in [1.29, 1.82) is 0 Å². The molecule has 2 aromatic carbocycles. The Kier molecular flexibility index (Phi) is 4.56. The van der Waals surface area contributed by atoms with Crippen LogP contribution >= 0.6 is 0 Å². The van der Waals surface area contributed by atoms with E-state index in [1.807, 2.05) is 0 Å². The lowest BCUT2D eigenvalue weighted by molar-refractivity contribution is 0.477. The van der Waals surface area contributed by atoms with E-state index in [2.05, 4.69) is 89.2 Å².